The molecular weight excluding hydrogens is 428 g/mol. The van der Waals surface area contributed by atoms with E-state index in [0.29, 0.717) is 12.0 Å². The van der Waals surface area contributed by atoms with Gasteiger partial charge in [0.15, 0.2) is 0 Å². The number of carbonyl (C=O) groups excluding carboxylic acids is 3. The van der Waals surface area contributed by atoms with Gasteiger partial charge in [-0.15, -0.1) is 0 Å². The molecule has 172 valence electrons. The van der Waals surface area contributed by atoms with E-state index < -0.39 is 0 Å². The quantitative estimate of drug-likeness (QED) is 0.406. The monoisotopic (exact) mass is 454 g/mol. The van der Waals surface area contributed by atoms with Crippen molar-refractivity contribution < 1.29 is 14.4 Å². The van der Waals surface area contributed by atoms with Gasteiger partial charge < -0.3 is 9.88 Å². The average Bonchev–Trinajstić information content (AvgIpc) is 3.27. The highest BCUT2D eigenvalue weighted by atomic mass is 16.2. The summed E-state index contributed by atoms with van der Waals surface area (Å²) < 4.78 is 0. The molecule has 0 aliphatic heterocycles. The number of amides is 3. The minimum Gasteiger partial charge on any atom is -0.346 e. The number of pyridine rings is 1. The van der Waals surface area contributed by atoms with Crippen LogP contribution in [0.2, 0.25) is 0 Å². The fourth-order valence-corrected chi connectivity index (χ4v) is 3.98. The van der Waals surface area contributed by atoms with Crippen molar-refractivity contribution in [3.05, 3.63) is 78.1 Å². The Morgan fingerprint density at radius 2 is 1.71 bits per heavy atom. The maximum absolute atomic E-state index is 12.2. The number of fused-ring (bicyclic) bond motifs is 1. The number of rotatable bonds is 7. The van der Waals surface area contributed by atoms with Crippen molar-refractivity contribution in [1.82, 2.24) is 20.2 Å². The smallest absolute Gasteiger partial charge is 0.253 e. The number of hydrogen-bond donors (Lipinski definition) is 2. The van der Waals surface area contributed by atoms with E-state index in [1.165, 1.54) is 0 Å². The molecule has 7 heteroatoms. The van der Waals surface area contributed by atoms with E-state index in [9.17, 15) is 14.4 Å². The standard InChI is InChI=1S/C27H26N4O3/c1-17(12-25(33)30-16-32)18-4-6-19(7-5-18)22-13-23-24(15-29-26(23)28-14-22)20-8-10-21(11-9-20)27(34)31(2)3/h4-11,13-17H,12H2,1-3H3,(H,28,29)(H,30,32,33). The molecule has 2 aromatic heterocycles. The maximum atomic E-state index is 12.2. The van der Waals surface area contributed by atoms with Crippen LogP contribution in [-0.4, -0.2) is 47.2 Å². The van der Waals surface area contributed by atoms with Gasteiger partial charge in [0.2, 0.25) is 12.3 Å². The Kier molecular flexibility index (Phi) is 6.54. The second kappa shape index (κ2) is 9.70. The summed E-state index contributed by atoms with van der Waals surface area (Å²) in [5.74, 6) is -0.329. The zero-order valence-electron chi connectivity index (χ0n) is 19.3. The van der Waals surface area contributed by atoms with Crippen LogP contribution >= 0.6 is 0 Å². The molecule has 0 aliphatic rings. The number of H-pyrrole nitrogens is 1. The molecule has 2 aromatic carbocycles. The highest BCUT2D eigenvalue weighted by molar-refractivity contribution is 5.98. The first kappa shape index (κ1) is 22.9. The number of carbonyl (C=O) groups is 3. The van der Waals surface area contributed by atoms with Gasteiger partial charge in [-0.2, -0.15) is 0 Å². The highest BCUT2D eigenvalue weighted by Gasteiger charge is 2.13. The topological polar surface area (TPSA) is 95.2 Å². The Balaban J connectivity index is 1.60. The van der Waals surface area contributed by atoms with Crippen molar-refractivity contribution in [2.75, 3.05) is 14.1 Å². The van der Waals surface area contributed by atoms with Crippen LogP contribution in [0.4, 0.5) is 0 Å². The molecule has 1 atom stereocenters. The van der Waals surface area contributed by atoms with Gasteiger partial charge in [0, 0.05) is 55.0 Å². The Labute approximate surface area is 197 Å². The number of imide groups is 1. The van der Waals surface area contributed by atoms with Crippen molar-refractivity contribution in [2.24, 2.45) is 0 Å². The fraction of sp³-hybridized carbons (Fsp3) is 0.185. The lowest BCUT2D eigenvalue weighted by atomic mass is 9.95. The molecule has 1 unspecified atom stereocenters. The first-order valence-electron chi connectivity index (χ1n) is 11.0. The summed E-state index contributed by atoms with van der Waals surface area (Å²) in [4.78, 5) is 43.7. The van der Waals surface area contributed by atoms with E-state index in [1.54, 1.807) is 19.0 Å². The first-order valence-corrected chi connectivity index (χ1v) is 11.0. The SMILES string of the molecule is CC(CC(=O)NC=O)c1ccc(-c2cnc3[nH]cc(-c4ccc(C(=O)N(C)C)cc4)c3c2)cc1. The summed E-state index contributed by atoms with van der Waals surface area (Å²) in [5, 5.41) is 3.17. The van der Waals surface area contributed by atoms with Crippen LogP contribution in [-0.2, 0) is 9.59 Å². The molecule has 7 nitrogen and oxygen atoms in total. The number of nitrogens with one attached hydrogen (secondary N) is 2. The Bertz CT molecular complexity index is 1340. The van der Waals surface area contributed by atoms with Crippen LogP contribution in [0.15, 0.2) is 67.0 Å². The summed E-state index contributed by atoms with van der Waals surface area (Å²) in [7, 11) is 3.47. The molecule has 2 N–H and O–H groups in total. The number of benzene rings is 2. The van der Waals surface area contributed by atoms with E-state index in [2.05, 4.69) is 21.4 Å². The van der Waals surface area contributed by atoms with E-state index in [4.69, 9.17) is 0 Å². The van der Waals surface area contributed by atoms with E-state index >= 15 is 0 Å². The Morgan fingerprint density at radius 1 is 1.03 bits per heavy atom. The largest absolute Gasteiger partial charge is 0.346 e. The molecule has 0 bridgehead atoms. The van der Waals surface area contributed by atoms with Crippen LogP contribution in [0, 0.1) is 0 Å². The van der Waals surface area contributed by atoms with Crippen molar-refractivity contribution in [3.8, 4) is 22.3 Å². The van der Waals surface area contributed by atoms with E-state index in [-0.39, 0.29) is 24.2 Å². The minimum atomic E-state index is -0.291. The van der Waals surface area contributed by atoms with Crippen molar-refractivity contribution in [1.29, 1.82) is 0 Å². The van der Waals surface area contributed by atoms with Crippen molar-refractivity contribution >= 4 is 29.3 Å². The molecule has 0 fully saturated rings. The summed E-state index contributed by atoms with van der Waals surface area (Å²) in [6.45, 7) is 1.95. The maximum Gasteiger partial charge on any atom is 0.253 e. The van der Waals surface area contributed by atoms with Gasteiger partial charge in [-0.1, -0.05) is 43.3 Å². The minimum absolute atomic E-state index is 0.00627. The average molecular weight is 455 g/mol. The number of aromatic amines is 1. The molecule has 0 spiro atoms. The van der Waals surface area contributed by atoms with Crippen LogP contribution < -0.4 is 5.32 Å². The molecule has 0 aliphatic carbocycles. The number of nitrogens with zero attached hydrogens (tertiary/aromatic N) is 2. The molecule has 4 rings (SSSR count). The van der Waals surface area contributed by atoms with Gasteiger partial charge in [0.05, 0.1) is 0 Å². The predicted octanol–water partition coefficient (Wildman–Crippen LogP) is 4.36. The first-order chi connectivity index (χ1) is 16.4. The van der Waals surface area contributed by atoms with Crippen molar-refractivity contribution in [2.45, 2.75) is 19.3 Å². The van der Waals surface area contributed by atoms with Gasteiger partial charge in [-0.3, -0.25) is 19.7 Å². The second-order valence-corrected chi connectivity index (χ2v) is 8.51. The third-order valence-corrected chi connectivity index (χ3v) is 5.90. The number of aromatic nitrogens is 2. The summed E-state index contributed by atoms with van der Waals surface area (Å²) in [5.41, 5.74) is 6.46. The highest BCUT2D eigenvalue weighted by Crippen LogP contribution is 2.32. The van der Waals surface area contributed by atoms with Crippen LogP contribution in [0.3, 0.4) is 0 Å². The normalized spacial score (nSPS) is 11.7. The van der Waals surface area contributed by atoms with E-state index in [1.807, 2.05) is 67.8 Å². The second-order valence-electron chi connectivity index (χ2n) is 8.51. The molecule has 0 saturated heterocycles. The van der Waals surface area contributed by atoms with Crippen LogP contribution in [0.5, 0.6) is 0 Å². The third-order valence-electron chi connectivity index (χ3n) is 5.90. The lowest BCUT2D eigenvalue weighted by molar-refractivity contribution is -0.125. The van der Waals surface area contributed by atoms with Crippen LogP contribution in [0.1, 0.15) is 35.2 Å². The predicted molar refractivity (Wildman–Crippen MR) is 132 cm³/mol. The molecule has 3 amide bonds. The summed E-state index contributed by atoms with van der Waals surface area (Å²) in [6.07, 6.45) is 4.42. The molecule has 34 heavy (non-hydrogen) atoms. The van der Waals surface area contributed by atoms with Gasteiger partial charge in [0.1, 0.15) is 5.65 Å². The van der Waals surface area contributed by atoms with Gasteiger partial charge >= 0.3 is 0 Å². The summed E-state index contributed by atoms with van der Waals surface area (Å²) >= 11 is 0. The van der Waals surface area contributed by atoms with Gasteiger partial charge in [0.25, 0.3) is 5.91 Å². The molecule has 0 radical (unpaired) electrons. The molecule has 4 aromatic rings. The fourth-order valence-electron chi connectivity index (χ4n) is 3.98. The van der Waals surface area contributed by atoms with Crippen molar-refractivity contribution in [3.63, 3.8) is 0 Å². The molecular formula is C27H26N4O3. The lowest BCUT2D eigenvalue weighted by Crippen LogP contribution is -2.22. The van der Waals surface area contributed by atoms with Crippen LogP contribution in [0.25, 0.3) is 33.3 Å². The molecule has 0 saturated carbocycles. The van der Waals surface area contributed by atoms with Gasteiger partial charge in [-0.25, -0.2) is 4.98 Å². The zero-order chi connectivity index (χ0) is 24.2. The lowest BCUT2D eigenvalue weighted by Gasteiger charge is -2.12. The van der Waals surface area contributed by atoms with Gasteiger partial charge in [-0.05, 0) is 40.8 Å². The third kappa shape index (κ3) is 4.73. The summed E-state index contributed by atoms with van der Waals surface area (Å²) in [6, 6.07) is 17.7. The number of hydrogen-bond acceptors (Lipinski definition) is 4. The zero-order valence-corrected chi connectivity index (χ0v) is 19.3. The Morgan fingerprint density at radius 3 is 2.35 bits per heavy atom. The van der Waals surface area contributed by atoms with E-state index in [0.717, 1.165) is 38.9 Å². The Hall–Kier alpha value is -4.26. The molecule has 2 heterocycles.